The molecule has 10 nitrogen and oxygen atoms in total. The van der Waals surface area contributed by atoms with E-state index >= 15 is 0 Å². The Hall–Kier alpha value is -3.01. The monoisotopic (exact) mass is 602 g/mol. The molecule has 2 fully saturated rings. The van der Waals surface area contributed by atoms with Gasteiger partial charge in [0.2, 0.25) is 0 Å². The van der Waals surface area contributed by atoms with Crippen LogP contribution in [0, 0.1) is 11.8 Å². The summed E-state index contributed by atoms with van der Waals surface area (Å²) in [7, 11) is 0. The fourth-order valence-corrected chi connectivity index (χ4v) is 5.35. The van der Waals surface area contributed by atoms with Crippen LogP contribution >= 0.6 is 0 Å². The number of nitrogens with zero attached hydrogens (tertiary/aromatic N) is 3. The molecule has 0 aromatic heterocycles. The lowest BCUT2D eigenvalue weighted by Gasteiger charge is -2.35. The van der Waals surface area contributed by atoms with Crippen LogP contribution in [0.1, 0.15) is 79.2 Å². The second-order valence-corrected chi connectivity index (χ2v) is 13.9. The molecule has 2 aliphatic heterocycles. The lowest BCUT2D eigenvalue weighted by atomic mass is 9.96. The maximum absolute atomic E-state index is 13.1. The first kappa shape index (κ1) is 34.5. The van der Waals surface area contributed by atoms with E-state index in [0.29, 0.717) is 38.0 Å². The van der Waals surface area contributed by atoms with Gasteiger partial charge >= 0.3 is 18.3 Å². The molecule has 0 bridgehead atoms. The van der Waals surface area contributed by atoms with E-state index in [0.717, 1.165) is 63.8 Å². The predicted octanol–water partition coefficient (Wildman–Crippen LogP) is 5.90. The molecule has 3 amide bonds. The van der Waals surface area contributed by atoms with Crippen molar-refractivity contribution in [2.45, 2.75) is 91.5 Å². The van der Waals surface area contributed by atoms with Crippen LogP contribution in [-0.4, -0.2) is 96.5 Å². The molecule has 2 saturated heterocycles. The molecule has 43 heavy (non-hydrogen) atoms. The van der Waals surface area contributed by atoms with Gasteiger partial charge in [-0.15, -0.1) is 0 Å². The van der Waals surface area contributed by atoms with E-state index < -0.39 is 11.2 Å². The quantitative estimate of drug-likeness (QED) is 0.263. The van der Waals surface area contributed by atoms with Gasteiger partial charge in [-0.1, -0.05) is 30.3 Å². The van der Waals surface area contributed by atoms with Crippen LogP contribution in [0.5, 0.6) is 0 Å². The van der Waals surface area contributed by atoms with Crippen LogP contribution < -0.4 is 5.32 Å². The summed E-state index contributed by atoms with van der Waals surface area (Å²) in [5.41, 5.74) is -0.0682. The summed E-state index contributed by atoms with van der Waals surface area (Å²) in [4.78, 5) is 43.3. The molecule has 0 atom stereocenters. The molecule has 242 valence electrons. The minimum absolute atomic E-state index is 0.227. The van der Waals surface area contributed by atoms with Crippen molar-refractivity contribution in [2.24, 2.45) is 11.8 Å². The predicted molar refractivity (Wildman–Crippen MR) is 167 cm³/mol. The van der Waals surface area contributed by atoms with Gasteiger partial charge in [-0.05, 0) is 104 Å². The zero-order valence-corrected chi connectivity index (χ0v) is 27.2. The smallest absolute Gasteiger partial charge is 0.410 e. The van der Waals surface area contributed by atoms with Gasteiger partial charge in [0.15, 0.2) is 0 Å². The Morgan fingerprint density at radius 1 is 0.814 bits per heavy atom. The van der Waals surface area contributed by atoms with Crippen molar-refractivity contribution < 1.29 is 28.6 Å². The highest BCUT2D eigenvalue weighted by Crippen LogP contribution is 2.22. The zero-order valence-electron chi connectivity index (χ0n) is 27.2. The number of carbonyl (C=O) groups is 3. The number of piperidine rings is 2. The molecule has 1 aromatic carbocycles. The molecule has 1 aromatic rings. The second-order valence-electron chi connectivity index (χ2n) is 13.9. The Balaban J connectivity index is 1.37. The standard InChI is InChI=1S/C33H54N4O6/c1-32(2,3)42-30(39)36-19-13-26(14-20-36)23-34-17-10-18-37(31(40)43-33(4,5)6)24-27-15-21-35(22-16-27)29(38)41-25-28-11-8-7-9-12-28/h7-9,11-12,26-27,34H,10,13-25H2,1-6H3. The first-order valence-corrected chi connectivity index (χ1v) is 15.9. The van der Waals surface area contributed by atoms with Gasteiger partial charge in [-0.25, -0.2) is 14.4 Å². The van der Waals surface area contributed by atoms with Crippen LogP contribution in [0.25, 0.3) is 0 Å². The van der Waals surface area contributed by atoms with Gasteiger partial charge in [0.1, 0.15) is 17.8 Å². The summed E-state index contributed by atoms with van der Waals surface area (Å²) in [6.07, 6.45) is 3.57. The maximum atomic E-state index is 13.1. The van der Waals surface area contributed by atoms with Gasteiger partial charge in [0, 0.05) is 39.3 Å². The van der Waals surface area contributed by atoms with Crippen LogP contribution in [0.4, 0.5) is 14.4 Å². The van der Waals surface area contributed by atoms with Crippen molar-refractivity contribution in [1.29, 1.82) is 0 Å². The van der Waals surface area contributed by atoms with Gasteiger partial charge < -0.3 is 34.2 Å². The normalized spacial score (nSPS) is 17.0. The molecule has 3 rings (SSSR count). The van der Waals surface area contributed by atoms with Crippen molar-refractivity contribution in [2.75, 3.05) is 52.4 Å². The van der Waals surface area contributed by atoms with E-state index in [4.69, 9.17) is 14.2 Å². The molecule has 2 aliphatic rings. The molecular formula is C33H54N4O6. The summed E-state index contributed by atoms with van der Waals surface area (Å²) in [6.45, 7) is 17.2. The minimum atomic E-state index is -0.562. The molecule has 1 N–H and O–H groups in total. The number of ether oxygens (including phenoxy) is 3. The number of rotatable bonds is 10. The second kappa shape index (κ2) is 16.2. The highest BCUT2D eigenvalue weighted by Gasteiger charge is 2.29. The fraction of sp³-hybridized carbons (Fsp3) is 0.727. The van der Waals surface area contributed by atoms with Crippen molar-refractivity contribution in [3.8, 4) is 0 Å². The Bertz CT molecular complexity index is 1010. The lowest BCUT2D eigenvalue weighted by Crippen LogP contribution is -2.45. The summed E-state index contributed by atoms with van der Waals surface area (Å²) in [5, 5.41) is 3.55. The summed E-state index contributed by atoms with van der Waals surface area (Å²) in [6, 6.07) is 9.68. The van der Waals surface area contributed by atoms with E-state index in [9.17, 15) is 14.4 Å². The third kappa shape index (κ3) is 13.0. The van der Waals surface area contributed by atoms with Crippen LogP contribution in [0.2, 0.25) is 0 Å². The molecule has 0 spiro atoms. The maximum Gasteiger partial charge on any atom is 0.410 e. The van der Waals surface area contributed by atoms with Crippen LogP contribution in [-0.2, 0) is 20.8 Å². The Morgan fingerprint density at radius 3 is 1.95 bits per heavy atom. The molecular weight excluding hydrogens is 548 g/mol. The molecule has 2 heterocycles. The molecule has 0 radical (unpaired) electrons. The van der Waals surface area contributed by atoms with Gasteiger partial charge in [-0.2, -0.15) is 0 Å². The van der Waals surface area contributed by atoms with Crippen molar-refractivity contribution in [3.63, 3.8) is 0 Å². The van der Waals surface area contributed by atoms with E-state index in [2.05, 4.69) is 5.32 Å². The van der Waals surface area contributed by atoms with Gasteiger partial charge in [0.25, 0.3) is 0 Å². The number of amides is 3. The summed E-state index contributed by atoms with van der Waals surface area (Å²) in [5.74, 6) is 0.819. The van der Waals surface area contributed by atoms with Crippen molar-refractivity contribution >= 4 is 18.3 Å². The van der Waals surface area contributed by atoms with Crippen LogP contribution in [0.3, 0.4) is 0 Å². The van der Waals surface area contributed by atoms with E-state index in [1.165, 1.54) is 0 Å². The number of hydrogen-bond acceptors (Lipinski definition) is 7. The summed E-state index contributed by atoms with van der Waals surface area (Å²) < 4.78 is 16.7. The number of nitrogens with one attached hydrogen (secondary N) is 1. The average Bonchev–Trinajstić information content (AvgIpc) is 2.94. The Kier molecular flexibility index (Phi) is 13.0. The highest BCUT2D eigenvalue weighted by molar-refractivity contribution is 5.69. The third-order valence-electron chi connectivity index (χ3n) is 7.69. The lowest BCUT2D eigenvalue weighted by molar-refractivity contribution is 0.0171. The van der Waals surface area contributed by atoms with Gasteiger partial charge in [-0.3, -0.25) is 0 Å². The fourth-order valence-electron chi connectivity index (χ4n) is 5.35. The first-order chi connectivity index (χ1) is 20.3. The largest absolute Gasteiger partial charge is 0.445 e. The van der Waals surface area contributed by atoms with Crippen LogP contribution in [0.15, 0.2) is 30.3 Å². The van der Waals surface area contributed by atoms with Gasteiger partial charge in [0.05, 0.1) is 0 Å². The van der Waals surface area contributed by atoms with Crippen molar-refractivity contribution in [1.82, 2.24) is 20.0 Å². The topological polar surface area (TPSA) is 101 Å². The number of hydrogen-bond donors (Lipinski definition) is 1. The SMILES string of the molecule is CC(C)(C)OC(=O)N1CCC(CNCCCN(CC2CCN(C(=O)OCc3ccccc3)CC2)C(=O)OC(C)(C)C)CC1. The molecule has 10 heteroatoms. The first-order valence-electron chi connectivity index (χ1n) is 15.9. The average molecular weight is 603 g/mol. The number of carbonyl (C=O) groups excluding carboxylic acids is 3. The molecule has 0 aliphatic carbocycles. The molecule has 0 saturated carbocycles. The van der Waals surface area contributed by atoms with E-state index in [1.54, 1.807) is 9.80 Å². The third-order valence-corrected chi connectivity index (χ3v) is 7.69. The zero-order chi connectivity index (χ0) is 31.5. The Labute approximate surface area is 258 Å². The van der Waals surface area contributed by atoms with Crippen molar-refractivity contribution in [3.05, 3.63) is 35.9 Å². The number of likely N-dealkylation sites (tertiary alicyclic amines) is 2. The van der Waals surface area contributed by atoms with E-state index in [1.807, 2.05) is 76.8 Å². The highest BCUT2D eigenvalue weighted by atomic mass is 16.6. The molecule has 0 unspecified atom stereocenters. The summed E-state index contributed by atoms with van der Waals surface area (Å²) >= 11 is 0. The minimum Gasteiger partial charge on any atom is -0.445 e. The van der Waals surface area contributed by atoms with E-state index in [-0.39, 0.29) is 24.9 Å². The number of benzene rings is 1. The Morgan fingerprint density at radius 2 is 1.37 bits per heavy atom.